The second kappa shape index (κ2) is 11.2. The third-order valence-electron chi connectivity index (χ3n) is 4.77. The lowest BCUT2D eigenvalue weighted by Gasteiger charge is -2.09. The highest BCUT2D eigenvalue weighted by atomic mass is 35.5. The predicted molar refractivity (Wildman–Crippen MR) is 137 cm³/mol. The van der Waals surface area contributed by atoms with Crippen molar-refractivity contribution >= 4 is 62.7 Å². The quantitative estimate of drug-likeness (QED) is 0.236. The normalized spacial score (nSPS) is 11.0. The molecular formula is C25H19Cl2N3O3S. The zero-order valence-corrected chi connectivity index (χ0v) is 20.1. The van der Waals surface area contributed by atoms with Crippen LogP contribution < -0.4 is 15.5 Å². The van der Waals surface area contributed by atoms with Gasteiger partial charge in [-0.3, -0.25) is 9.59 Å². The number of ether oxygens (including phenoxy) is 1. The van der Waals surface area contributed by atoms with Crippen molar-refractivity contribution in [1.82, 2.24) is 10.7 Å². The van der Waals surface area contributed by atoms with E-state index in [9.17, 15) is 9.59 Å². The maximum Gasteiger partial charge on any atom is 0.263 e. The highest BCUT2D eigenvalue weighted by Crippen LogP contribution is 2.34. The van der Waals surface area contributed by atoms with E-state index < -0.39 is 11.8 Å². The van der Waals surface area contributed by atoms with Crippen molar-refractivity contribution in [2.75, 3.05) is 6.54 Å². The maximum absolute atomic E-state index is 12.5. The Bertz CT molecular complexity index is 1350. The smallest absolute Gasteiger partial charge is 0.263 e. The van der Waals surface area contributed by atoms with Crippen molar-refractivity contribution in [1.29, 1.82) is 0 Å². The summed E-state index contributed by atoms with van der Waals surface area (Å²) < 4.78 is 6.78. The van der Waals surface area contributed by atoms with Crippen LogP contribution in [0.4, 0.5) is 0 Å². The molecule has 0 aliphatic carbocycles. The summed E-state index contributed by atoms with van der Waals surface area (Å²) in [6.45, 7) is 0.121. The Morgan fingerprint density at radius 2 is 1.71 bits per heavy atom. The van der Waals surface area contributed by atoms with Crippen LogP contribution in [0.2, 0.25) is 10.0 Å². The minimum Gasteiger partial charge on any atom is -0.488 e. The van der Waals surface area contributed by atoms with Gasteiger partial charge in [-0.25, -0.2) is 5.43 Å². The van der Waals surface area contributed by atoms with E-state index in [0.29, 0.717) is 32.8 Å². The Hall–Kier alpha value is -3.39. The van der Waals surface area contributed by atoms with Crippen LogP contribution in [-0.4, -0.2) is 24.6 Å². The average Bonchev–Trinajstić information content (AvgIpc) is 3.19. The Morgan fingerprint density at radius 1 is 0.971 bits per heavy atom. The molecule has 9 heteroatoms. The van der Waals surface area contributed by atoms with Gasteiger partial charge in [-0.15, -0.1) is 11.3 Å². The van der Waals surface area contributed by atoms with Crippen molar-refractivity contribution < 1.29 is 14.3 Å². The first-order valence-electron chi connectivity index (χ1n) is 10.2. The molecule has 4 rings (SSSR count). The predicted octanol–water partition coefficient (Wildman–Crippen LogP) is 5.67. The molecule has 0 fully saturated rings. The van der Waals surface area contributed by atoms with E-state index in [2.05, 4.69) is 15.8 Å². The van der Waals surface area contributed by atoms with Crippen molar-refractivity contribution in [3.8, 4) is 5.75 Å². The molecule has 6 nitrogen and oxygen atoms in total. The van der Waals surface area contributed by atoms with E-state index in [0.717, 1.165) is 15.6 Å². The summed E-state index contributed by atoms with van der Waals surface area (Å²) in [6, 6.07) is 22.2. The molecule has 4 aromatic rings. The molecule has 34 heavy (non-hydrogen) atoms. The Morgan fingerprint density at radius 3 is 2.50 bits per heavy atom. The van der Waals surface area contributed by atoms with Crippen LogP contribution in [0.1, 0.15) is 20.8 Å². The molecule has 0 saturated carbocycles. The molecule has 2 amide bonds. The minimum atomic E-state index is -0.471. The molecule has 0 aliphatic rings. The van der Waals surface area contributed by atoms with Crippen LogP contribution in [0.25, 0.3) is 10.1 Å². The molecule has 0 saturated heterocycles. The van der Waals surface area contributed by atoms with Crippen LogP contribution in [0.5, 0.6) is 5.75 Å². The first kappa shape index (κ1) is 23.8. The number of halogens is 2. The molecule has 0 radical (unpaired) electrons. The summed E-state index contributed by atoms with van der Waals surface area (Å²) in [4.78, 5) is 25.0. The van der Waals surface area contributed by atoms with Gasteiger partial charge in [0.25, 0.3) is 11.8 Å². The lowest BCUT2D eigenvalue weighted by molar-refractivity contribution is -0.120. The van der Waals surface area contributed by atoms with Gasteiger partial charge in [0.05, 0.1) is 17.8 Å². The number of hydrazone groups is 1. The van der Waals surface area contributed by atoms with Crippen molar-refractivity contribution in [2.24, 2.45) is 5.10 Å². The van der Waals surface area contributed by atoms with Crippen LogP contribution in [0, 0.1) is 0 Å². The van der Waals surface area contributed by atoms with E-state index in [-0.39, 0.29) is 6.54 Å². The molecule has 172 valence electrons. The van der Waals surface area contributed by atoms with Gasteiger partial charge in [-0.05, 0) is 35.9 Å². The summed E-state index contributed by atoms with van der Waals surface area (Å²) in [5.41, 5.74) is 4.07. The number of hydrogen-bond acceptors (Lipinski definition) is 5. The number of carbonyl (C=O) groups is 2. The van der Waals surface area contributed by atoms with Crippen molar-refractivity contribution in [2.45, 2.75) is 6.61 Å². The van der Waals surface area contributed by atoms with Crippen molar-refractivity contribution in [3.05, 3.63) is 98.8 Å². The number of rotatable bonds is 8. The molecule has 1 heterocycles. The fourth-order valence-electron chi connectivity index (χ4n) is 3.07. The van der Waals surface area contributed by atoms with Gasteiger partial charge >= 0.3 is 0 Å². The van der Waals surface area contributed by atoms with Gasteiger partial charge in [0.2, 0.25) is 0 Å². The lowest BCUT2D eigenvalue weighted by Crippen LogP contribution is -2.34. The third kappa shape index (κ3) is 5.94. The number of benzene rings is 3. The van der Waals surface area contributed by atoms with E-state index in [1.165, 1.54) is 17.6 Å². The zero-order chi connectivity index (χ0) is 23.9. The van der Waals surface area contributed by atoms with E-state index in [1.807, 2.05) is 60.7 Å². The lowest BCUT2D eigenvalue weighted by atomic mass is 10.2. The second-order valence-electron chi connectivity index (χ2n) is 7.17. The van der Waals surface area contributed by atoms with Gasteiger partial charge in [-0.1, -0.05) is 65.7 Å². The molecule has 2 N–H and O–H groups in total. The van der Waals surface area contributed by atoms with Crippen LogP contribution in [0.15, 0.2) is 77.9 Å². The fraction of sp³-hybridized carbons (Fsp3) is 0.0800. The second-order valence-corrected chi connectivity index (χ2v) is 9.04. The topological polar surface area (TPSA) is 79.8 Å². The highest BCUT2D eigenvalue weighted by Gasteiger charge is 2.17. The van der Waals surface area contributed by atoms with E-state index in [4.69, 9.17) is 27.9 Å². The van der Waals surface area contributed by atoms with Gasteiger partial charge in [-0.2, -0.15) is 5.10 Å². The SMILES string of the molecule is O=C(CNC(=O)c1sc2ccccc2c1Cl)NN=Cc1ccccc1OCc1ccc(Cl)cc1. The molecular weight excluding hydrogens is 493 g/mol. The number of hydrogen-bond donors (Lipinski definition) is 2. The maximum atomic E-state index is 12.5. The number of nitrogens with one attached hydrogen (secondary N) is 2. The van der Waals surface area contributed by atoms with Gasteiger partial charge in [0.15, 0.2) is 0 Å². The summed E-state index contributed by atoms with van der Waals surface area (Å²) in [5, 5.41) is 8.40. The Kier molecular flexibility index (Phi) is 7.80. The number of thiophene rings is 1. The summed E-state index contributed by atoms with van der Waals surface area (Å²) >= 11 is 13.5. The van der Waals surface area contributed by atoms with Gasteiger partial charge in [0, 0.05) is 20.7 Å². The molecule has 0 unspecified atom stereocenters. The summed E-state index contributed by atoms with van der Waals surface area (Å²) in [7, 11) is 0. The van der Waals surface area contributed by atoms with Crippen molar-refractivity contribution in [3.63, 3.8) is 0 Å². The average molecular weight is 512 g/mol. The number of amides is 2. The third-order valence-corrected chi connectivity index (χ3v) is 6.70. The first-order chi connectivity index (χ1) is 16.5. The summed E-state index contributed by atoms with van der Waals surface area (Å²) in [6.07, 6.45) is 1.49. The molecule has 0 bridgehead atoms. The largest absolute Gasteiger partial charge is 0.488 e. The van der Waals surface area contributed by atoms with Crippen LogP contribution in [0.3, 0.4) is 0 Å². The molecule has 0 aliphatic heterocycles. The number of nitrogens with zero attached hydrogens (tertiary/aromatic N) is 1. The van der Waals surface area contributed by atoms with Crippen LogP contribution in [-0.2, 0) is 11.4 Å². The van der Waals surface area contributed by atoms with E-state index >= 15 is 0 Å². The fourth-order valence-corrected chi connectivity index (χ4v) is 4.63. The first-order valence-corrected chi connectivity index (χ1v) is 11.8. The number of para-hydroxylation sites is 1. The Labute approximate surface area is 210 Å². The van der Waals surface area contributed by atoms with Gasteiger partial charge in [0.1, 0.15) is 17.2 Å². The molecule has 1 aromatic heterocycles. The molecule has 0 atom stereocenters. The monoisotopic (exact) mass is 511 g/mol. The molecule has 0 spiro atoms. The number of fused-ring (bicyclic) bond motifs is 1. The highest BCUT2D eigenvalue weighted by molar-refractivity contribution is 7.21. The van der Waals surface area contributed by atoms with Crippen LogP contribution >= 0.6 is 34.5 Å². The standard InChI is InChI=1S/C25H19Cl2N3O3S/c26-18-11-9-16(10-12-18)15-33-20-7-3-1-5-17(20)13-29-30-22(31)14-28-25(32)24-23(27)19-6-2-4-8-21(19)34-24/h1-13H,14-15H2,(H,28,32)(H,30,31). The number of carbonyl (C=O) groups excluding carboxylic acids is 2. The molecule has 3 aromatic carbocycles. The summed E-state index contributed by atoms with van der Waals surface area (Å²) in [5.74, 6) is -0.268. The van der Waals surface area contributed by atoms with E-state index in [1.54, 1.807) is 12.1 Å². The minimum absolute atomic E-state index is 0.241. The Balaban J connectivity index is 1.30. The van der Waals surface area contributed by atoms with Gasteiger partial charge < -0.3 is 10.1 Å². The zero-order valence-electron chi connectivity index (χ0n) is 17.8.